The molecule has 172 valence electrons. The van der Waals surface area contributed by atoms with Crippen LogP contribution >= 0.6 is 0 Å². The van der Waals surface area contributed by atoms with E-state index in [0.717, 1.165) is 5.56 Å². The Balaban J connectivity index is 1.79. The molecule has 1 amide bonds. The van der Waals surface area contributed by atoms with Crippen molar-refractivity contribution in [1.29, 1.82) is 0 Å². The van der Waals surface area contributed by atoms with Crippen LogP contribution in [0, 0.1) is 19.8 Å². The van der Waals surface area contributed by atoms with E-state index in [-0.39, 0.29) is 16.7 Å². The normalized spacial score (nSPS) is 15.7. The third kappa shape index (κ3) is 5.53. The van der Waals surface area contributed by atoms with E-state index in [1.807, 2.05) is 19.1 Å². The Bertz CT molecular complexity index is 1090. The second-order valence-corrected chi connectivity index (χ2v) is 9.67. The Hall–Kier alpha value is -2.75. The zero-order valence-corrected chi connectivity index (χ0v) is 19.3. The van der Waals surface area contributed by atoms with Gasteiger partial charge < -0.3 is 15.4 Å². The number of amides is 1. The summed E-state index contributed by atoms with van der Waals surface area (Å²) in [6.45, 7) is 5.00. The molecule has 3 rings (SSSR count). The molecule has 1 aliphatic rings. The van der Waals surface area contributed by atoms with Crippen LogP contribution in [0.15, 0.2) is 47.4 Å². The fourth-order valence-electron chi connectivity index (χ4n) is 3.84. The third-order valence-electron chi connectivity index (χ3n) is 5.74. The standard InChI is InChI=1S/C23H29N3O5S/c1-15-6-4-5-7-19(15)22(27)25-20-9-8-18(14-16(20)2)32(29,30)26-21(23(28)31-3)17-10-12-24-13-11-17/h4-9,14,17,21,24,26H,10-13H2,1-3H3,(H,25,27). The minimum atomic E-state index is -3.97. The first-order chi connectivity index (χ1) is 15.2. The molecular weight excluding hydrogens is 430 g/mol. The Kier molecular flexibility index (Phi) is 7.65. The van der Waals surface area contributed by atoms with E-state index in [9.17, 15) is 18.0 Å². The second kappa shape index (κ2) is 10.2. The van der Waals surface area contributed by atoms with Crippen molar-refractivity contribution >= 4 is 27.6 Å². The number of esters is 1. The van der Waals surface area contributed by atoms with Crippen LogP contribution in [0.1, 0.15) is 34.3 Å². The molecule has 0 radical (unpaired) electrons. The number of piperidine rings is 1. The van der Waals surface area contributed by atoms with E-state index in [4.69, 9.17) is 4.74 Å². The lowest BCUT2D eigenvalue weighted by molar-refractivity contribution is -0.144. The highest BCUT2D eigenvalue weighted by Gasteiger charge is 2.34. The van der Waals surface area contributed by atoms with Gasteiger partial charge in [-0.1, -0.05) is 18.2 Å². The number of aryl methyl sites for hydroxylation is 2. The summed E-state index contributed by atoms with van der Waals surface area (Å²) in [5.41, 5.74) is 2.50. The highest BCUT2D eigenvalue weighted by molar-refractivity contribution is 7.89. The molecule has 32 heavy (non-hydrogen) atoms. The summed E-state index contributed by atoms with van der Waals surface area (Å²) in [5.74, 6) is -1.01. The number of methoxy groups -OCH3 is 1. The van der Waals surface area contributed by atoms with Crippen molar-refractivity contribution in [2.24, 2.45) is 5.92 Å². The maximum absolute atomic E-state index is 13.0. The summed E-state index contributed by atoms with van der Waals surface area (Å²) in [7, 11) is -2.72. The third-order valence-corrected chi connectivity index (χ3v) is 7.18. The first-order valence-corrected chi connectivity index (χ1v) is 12.0. The molecule has 8 nitrogen and oxygen atoms in total. The smallest absolute Gasteiger partial charge is 0.324 e. The molecule has 0 aromatic heterocycles. The van der Waals surface area contributed by atoms with Crippen molar-refractivity contribution in [2.45, 2.75) is 37.6 Å². The van der Waals surface area contributed by atoms with Crippen molar-refractivity contribution in [3.8, 4) is 0 Å². The van der Waals surface area contributed by atoms with Crippen LogP contribution in [-0.2, 0) is 19.6 Å². The quantitative estimate of drug-likeness (QED) is 0.548. The number of carbonyl (C=O) groups excluding carboxylic acids is 2. The minimum Gasteiger partial charge on any atom is -0.468 e. The van der Waals surface area contributed by atoms with Gasteiger partial charge in [0.05, 0.1) is 12.0 Å². The molecule has 2 aromatic carbocycles. The van der Waals surface area contributed by atoms with E-state index in [1.165, 1.54) is 19.2 Å². The molecular formula is C23H29N3O5S. The van der Waals surface area contributed by atoms with Gasteiger partial charge in [-0.3, -0.25) is 9.59 Å². The Morgan fingerprint density at radius 3 is 2.38 bits per heavy atom. The molecule has 9 heteroatoms. The summed E-state index contributed by atoms with van der Waals surface area (Å²) in [6, 6.07) is 10.7. The number of ether oxygens (including phenoxy) is 1. The number of anilines is 1. The number of carbonyl (C=O) groups is 2. The van der Waals surface area contributed by atoms with Crippen LogP contribution in [0.25, 0.3) is 0 Å². The van der Waals surface area contributed by atoms with Gasteiger partial charge in [-0.05, 0) is 81.1 Å². The predicted molar refractivity (Wildman–Crippen MR) is 122 cm³/mol. The van der Waals surface area contributed by atoms with Crippen molar-refractivity contribution in [3.63, 3.8) is 0 Å². The summed E-state index contributed by atoms with van der Waals surface area (Å²) < 4.78 is 33.5. The highest BCUT2D eigenvalue weighted by Crippen LogP contribution is 2.23. The topological polar surface area (TPSA) is 114 Å². The minimum absolute atomic E-state index is 0.0201. The van der Waals surface area contributed by atoms with Crippen LogP contribution in [0.4, 0.5) is 5.69 Å². The van der Waals surface area contributed by atoms with Crippen LogP contribution in [-0.4, -0.2) is 46.5 Å². The Morgan fingerprint density at radius 2 is 1.75 bits per heavy atom. The lowest BCUT2D eigenvalue weighted by Gasteiger charge is -2.29. The molecule has 2 aromatic rings. The molecule has 1 fully saturated rings. The van der Waals surface area contributed by atoms with Crippen molar-refractivity contribution < 1.29 is 22.7 Å². The monoisotopic (exact) mass is 459 g/mol. The fraction of sp³-hybridized carbons (Fsp3) is 0.391. The Morgan fingerprint density at radius 1 is 1.06 bits per heavy atom. The maximum atomic E-state index is 13.0. The van der Waals surface area contributed by atoms with Gasteiger partial charge in [0.25, 0.3) is 5.91 Å². The molecule has 1 aliphatic heterocycles. The molecule has 0 spiro atoms. The number of rotatable bonds is 7. The maximum Gasteiger partial charge on any atom is 0.324 e. The van der Waals surface area contributed by atoms with Crippen molar-refractivity contribution in [1.82, 2.24) is 10.0 Å². The highest BCUT2D eigenvalue weighted by atomic mass is 32.2. The van der Waals surface area contributed by atoms with Gasteiger partial charge in [0.2, 0.25) is 10.0 Å². The molecule has 1 saturated heterocycles. The van der Waals surface area contributed by atoms with Crippen molar-refractivity contribution in [2.75, 3.05) is 25.5 Å². The van der Waals surface area contributed by atoms with Crippen LogP contribution in [0.3, 0.4) is 0 Å². The molecule has 0 bridgehead atoms. The first-order valence-electron chi connectivity index (χ1n) is 10.5. The fourth-order valence-corrected chi connectivity index (χ4v) is 5.18. The van der Waals surface area contributed by atoms with Crippen LogP contribution < -0.4 is 15.4 Å². The van der Waals surface area contributed by atoms with Gasteiger partial charge in [0.1, 0.15) is 6.04 Å². The lowest BCUT2D eigenvalue weighted by Crippen LogP contribution is -2.49. The van der Waals surface area contributed by atoms with Gasteiger partial charge in [-0.15, -0.1) is 0 Å². The van der Waals surface area contributed by atoms with Gasteiger partial charge in [0.15, 0.2) is 0 Å². The van der Waals surface area contributed by atoms with E-state index >= 15 is 0 Å². The van der Waals surface area contributed by atoms with E-state index < -0.39 is 22.0 Å². The lowest BCUT2D eigenvalue weighted by atomic mass is 9.91. The number of hydrogen-bond acceptors (Lipinski definition) is 6. The number of sulfonamides is 1. The van der Waals surface area contributed by atoms with Crippen molar-refractivity contribution in [3.05, 3.63) is 59.2 Å². The predicted octanol–water partition coefficient (Wildman–Crippen LogP) is 2.38. The first kappa shape index (κ1) is 23.9. The molecule has 0 saturated carbocycles. The number of nitrogens with one attached hydrogen (secondary N) is 3. The SMILES string of the molecule is COC(=O)C(NS(=O)(=O)c1ccc(NC(=O)c2ccccc2C)c(C)c1)C1CCNCC1. The molecule has 1 unspecified atom stereocenters. The average Bonchev–Trinajstić information content (AvgIpc) is 2.79. The van der Waals surface area contributed by atoms with Crippen LogP contribution in [0.5, 0.6) is 0 Å². The molecule has 1 heterocycles. The van der Waals surface area contributed by atoms with Gasteiger partial charge in [0, 0.05) is 11.3 Å². The van der Waals surface area contributed by atoms with E-state index in [2.05, 4.69) is 15.4 Å². The van der Waals surface area contributed by atoms with Gasteiger partial charge in [-0.2, -0.15) is 4.72 Å². The van der Waals surface area contributed by atoms with E-state index in [1.54, 1.807) is 25.1 Å². The number of hydrogen-bond donors (Lipinski definition) is 3. The summed E-state index contributed by atoms with van der Waals surface area (Å²) in [5, 5.41) is 6.03. The zero-order valence-electron chi connectivity index (χ0n) is 18.5. The number of benzene rings is 2. The zero-order chi connectivity index (χ0) is 23.3. The summed E-state index contributed by atoms with van der Waals surface area (Å²) >= 11 is 0. The van der Waals surface area contributed by atoms with E-state index in [0.29, 0.717) is 42.7 Å². The largest absolute Gasteiger partial charge is 0.468 e. The summed E-state index contributed by atoms with van der Waals surface area (Å²) in [4.78, 5) is 24.9. The van der Waals surface area contributed by atoms with Crippen LogP contribution in [0.2, 0.25) is 0 Å². The van der Waals surface area contributed by atoms with Gasteiger partial charge >= 0.3 is 5.97 Å². The summed E-state index contributed by atoms with van der Waals surface area (Å²) in [6.07, 6.45) is 1.34. The average molecular weight is 460 g/mol. The van der Waals surface area contributed by atoms with Gasteiger partial charge in [-0.25, -0.2) is 8.42 Å². The molecule has 3 N–H and O–H groups in total. The second-order valence-electron chi connectivity index (χ2n) is 7.96. The Labute approximate surface area is 188 Å². The molecule has 1 atom stereocenters. The molecule has 0 aliphatic carbocycles.